The molecule has 2 heteroatoms. The van der Waals surface area contributed by atoms with Crippen LogP contribution >= 0.6 is 11.6 Å². The van der Waals surface area contributed by atoms with Gasteiger partial charge in [-0.25, -0.2) is 0 Å². The number of ketones is 1. The Morgan fingerprint density at radius 1 is 1.43 bits per heavy atom. The fourth-order valence-corrected chi connectivity index (χ4v) is 2.35. The minimum absolute atomic E-state index is 0.217. The number of rotatable bonds is 2. The van der Waals surface area contributed by atoms with Crippen molar-refractivity contribution >= 4 is 17.4 Å². The largest absolute Gasteiger partial charge is 0.299 e. The van der Waals surface area contributed by atoms with Gasteiger partial charge in [0.05, 0.1) is 5.41 Å². The van der Waals surface area contributed by atoms with Gasteiger partial charge in [-0.1, -0.05) is 30.2 Å². The van der Waals surface area contributed by atoms with Crippen molar-refractivity contribution in [3.63, 3.8) is 0 Å². The third kappa shape index (κ3) is 1.36. The van der Waals surface area contributed by atoms with E-state index < -0.39 is 0 Å². The Kier molecular flexibility index (Phi) is 2.36. The van der Waals surface area contributed by atoms with Gasteiger partial charge in [-0.2, -0.15) is 0 Å². The summed E-state index contributed by atoms with van der Waals surface area (Å²) in [5.74, 6) is 0.269. The van der Waals surface area contributed by atoms with Gasteiger partial charge in [0.15, 0.2) is 0 Å². The van der Waals surface area contributed by atoms with Crippen LogP contribution in [-0.4, -0.2) is 5.78 Å². The Hall–Kier alpha value is -0.820. The van der Waals surface area contributed by atoms with E-state index in [1.807, 2.05) is 24.3 Å². The molecule has 74 valence electrons. The quantitative estimate of drug-likeness (QED) is 0.729. The van der Waals surface area contributed by atoms with Crippen LogP contribution in [0.15, 0.2) is 24.3 Å². The van der Waals surface area contributed by atoms with Gasteiger partial charge in [-0.3, -0.25) is 4.79 Å². The van der Waals surface area contributed by atoms with Crippen molar-refractivity contribution in [3.8, 4) is 0 Å². The van der Waals surface area contributed by atoms with Gasteiger partial charge in [0.1, 0.15) is 5.78 Å². The van der Waals surface area contributed by atoms with Gasteiger partial charge in [0, 0.05) is 5.02 Å². The number of Topliss-reactive ketones (excluding diaryl/α,β-unsaturated/α-hetero) is 1. The summed E-state index contributed by atoms with van der Waals surface area (Å²) in [4.78, 5) is 11.6. The molecule has 0 saturated heterocycles. The SMILES string of the molecule is CC(=O)C1(c2cccc(Cl)c2)CCC1. The molecule has 1 nitrogen and oxygen atoms in total. The van der Waals surface area contributed by atoms with Gasteiger partial charge in [-0.05, 0) is 37.5 Å². The smallest absolute Gasteiger partial charge is 0.140 e. The molecule has 0 atom stereocenters. The minimum Gasteiger partial charge on any atom is -0.299 e. The van der Waals surface area contributed by atoms with Crippen molar-refractivity contribution in [2.24, 2.45) is 0 Å². The maximum atomic E-state index is 11.6. The summed E-state index contributed by atoms with van der Waals surface area (Å²) in [7, 11) is 0. The fraction of sp³-hybridized carbons (Fsp3) is 0.417. The molecule has 14 heavy (non-hydrogen) atoms. The van der Waals surface area contributed by atoms with Gasteiger partial charge >= 0.3 is 0 Å². The Morgan fingerprint density at radius 2 is 2.14 bits per heavy atom. The summed E-state index contributed by atoms with van der Waals surface area (Å²) < 4.78 is 0. The second kappa shape index (κ2) is 3.39. The molecule has 0 unspecified atom stereocenters. The zero-order chi connectivity index (χ0) is 10.2. The maximum absolute atomic E-state index is 11.6. The molecule has 0 aliphatic heterocycles. The van der Waals surface area contributed by atoms with Gasteiger partial charge in [-0.15, -0.1) is 0 Å². The number of hydrogen-bond donors (Lipinski definition) is 0. The molecule has 0 aromatic heterocycles. The van der Waals surface area contributed by atoms with Crippen molar-refractivity contribution in [3.05, 3.63) is 34.9 Å². The average molecular weight is 209 g/mol. The van der Waals surface area contributed by atoms with Crippen LogP contribution in [0, 0.1) is 0 Å². The van der Waals surface area contributed by atoms with Crippen molar-refractivity contribution in [1.29, 1.82) is 0 Å². The number of halogens is 1. The average Bonchev–Trinajstić information content (AvgIpc) is 2.00. The first-order valence-electron chi connectivity index (χ1n) is 4.92. The van der Waals surface area contributed by atoms with Crippen LogP contribution in [0.3, 0.4) is 0 Å². The van der Waals surface area contributed by atoms with E-state index in [0.717, 1.165) is 29.8 Å². The van der Waals surface area contributed by atoms with E-state index in [9.17, 15) is 4.79 Å². The molecule has 1 fully saturated rings. The molecule has 0 N–H and O–H groups in total. The topological polar surface area (TPSA) is 17.1 Å². The van der Waals surface area contributed by atoms with Crippen LogP contribution in [0.5, 0.6) is 0 Å². The van der Waals surface area contributed by atoms with Crippen LogP contribution in [0.1, 0.15) is 31.7 Å². The zero-order valence-corrected chi connectivity index (χ0v) is 8.97. The van der Waals surface area contributed by atoms with E-state index in [4.69, 9.17) is 11.6 Å². The van der Waals surface area contributed by atoms with E-state index in [1.54, 1.807) is 6.92 Å². The van der Waals surface area contributed by atoms with Crippen LogP contribution in [-0.2, 0) is 10.2 Å². The monoisotopic (exact) mass is 208 g/mol. The molecule has 1 aliphatic carbocycles. The summed E-state index contributed by atoms with van der Waals surface area (Å²) in [5.41, 5.74) is 0.869. The Morgan fingerprint density at radius 3 is 2.57 bits per heavy atom. The van der Waals surface area contributed by atoms with E-state index in [1.165, 1.54) is 0 Å². The lowest BCUT2D eigenvalue weighted by Crippen LogP contribution is -2.40. The number of hydrogen-bond acceptors (Lipinski definition) is 1. The van der Waals surface area contributed by atoms with E-state index >= 15 is 0 Å². The molecular formula is C12H13ClO. The summed E-state index contributed by atoms with van der Waals surface area (Å²) >= 11 is 5.93. The molecule has 0 amide bonds. The molecule has 1 aromatic carbocycles. The molecular weight excluding hydrogens is 196 g/mol. The molecule has 1 aromatic rings. The third-order valence-corrected chi connectivity index (χ3v) is 3.49. The second-order valence-corrected chi connectivity index (χ2v) is 4.44. The first-order valence-corrected chi connectivity index (χ1v) is 5.30. The number of carbonyl (C=O) groups excluding carboxylic acids is 1. The minimum atomic E-state index is -0.217. The number of carbonyl (C=O) groups is 1. The molecule has 2 rings (SSSR count). The predicted octanol–water partition coefficient (Wildman–Crippen LogP) is 3.35. The Balaban J connectivity index is 2.42. The zero-order valence-electron chi connectivity index (χ0n) is 8.22. The predicted molar refractivity (Wildman–Crippen MR) is 57.7 cm³/mol. The highest BCUT2D eigenvalue weighted by Crippen LogP contribution is 2.44. The van der Waals surface area contributed by atoms with Crippen LogP contribution in [0.4, 0.5) is 0 Å². The van der Waals surface area contributed by atoms with Gasteiger partial charge in [0.2, 0.25) is 0 Å². The summed E-state index contributed by atoms with van der Waals surface area (Å²) in [5, 5.41) is 0.718. The van der Waals surface area contributed by atoms with Crippen molar-refractivity contribution < 1.29 is 4.79 Å². The second-order valence-electron chi connectivity index (χ2n) is 4.00. The maximum Gasteiger partial charge on any atom is 0.140 e. The summed E-state index contributed by atoms with van der Waals surface area (Å²) in [6, 6.07) is 7.69. The summed E-state index contributed by atoms with van der Waals surface area (Å²) in [6.45, 7) is 1.68. The molecule has 0 radical (unpaired) electrons. The highest BCUT2D eigenvalue weighted by Gasteiger charge is 2.42. The number of benzene rings is 1. The molecule has 0 heterocycles. The first-order chi connectivity index (χ1) is 6.65. The van der Waals surface area contributed by atoms with E-state index in [2.05, 4.69) is 0 Å². The fourth-order valence-electron chi connectivity index (χ4n) is 2.16. The lowest BCUT2D eigenvalue weighted by atomic mass is 9.62. The normalized spacial score (nSPS) is 18.7. The lowest BCUT2D eigenvalue weighted by Gasteiger charge is -2.40. The van der Waals surface area contributed by atoms with Crippen molar-refractivity contribution in [1.82, 2.24) is 0 Å². The van der Waals surface area contributed by atoms with E-state index in [-0.39, 0.29) is 11.2 Å². The van der Waals surface area contributed by atoms with Gasteiger partial charge < -0.3 is 0 Å². The Labute approximate surface area is 89.1 Å². The molecule has 1 saturated carbocycles. The van der Waals surface area contributed by atoms with Crippen LogP contribution in [0.25, 0.3) is 0 Å². The van der Waals surface area contributed by atoms with Crippen LogP contribution in [0.2, 0.25) is 5.02 Å². The van der Waals surface area contributed by atoms with E-state index in [0.29, 0.717) is 0 Å². The summed E-state index contributed by atoms with van der Waals surface area (Å²) in [6.07, 6.45) is 3.09. The lowest BCUT2D eigenvalue weighted by molar-refractivity contribution is -0.125. The highest BCUT2D eigenvalue weighted by atomic mass is 35.5. The standard InChI is InChI=1S/C12H13ClO/c1-9(14)12(6-3-7-12)10-4-2-5-11(13)8-10/h2,4-5,8H,3,6-7H2,1H3. The Bertz CT molecular complexity index is 366. The molecule has 0 bridgehead atoms. The first kappa shape index (κ1) is 9.72. The third-order valence-electron chi connectivity index (χ3n) is 3.26. The molecule has 0 spiro atoms. The van der Waals surface area contributed by atoms with Crippen molar-refractivity contribution in [2.75, 3.05) is 0 Å². The van der Waals surface area contributed by atoms with Crippen molar-refractivity contribution in [2.45, 2.75) is 31.6 Å². The highest BCUT2D eigenvalue weighted by molar-refractivity contribution is 6.30. The molecule has 1 aliphatic rings. The van der Waals surface area contributed by atoms with Crippen LogP contribution < -0.4 is 0 Å². The van der Waals surface area contributed by atoms with Gasteiger partial charge in [0.25, 0.3) is 0 Å².